The van der Waals surface area contributed by atoms with Crippen molar-refractivity contribution >= 4 is 23.7 Å². The molecule has 2 aromatic heterocycles. The fourth-order valence-corrected chi connectivity index (χ4v) is 6.35. The molecule has 0 bridgehead atoms. The predicted octanol–water partition coefficient (Wildman–Crippen LogP) is 7.03. The molecule has 1 saturated heterocycles. The average Bonchev–Trinajstić information content (AvgIpc) is 3.61. The molecular formula is C31H39F2N5O2S. The number of anilines is 1. The maximum Gasteiger partial charge on any atom is 0.265 e. The van der Waals surface area contributed by atoms with E-state index in [1.165, 1.54) is 11.9 Å². The Balaban J connectivity index is 1.44. The summed E-state index contributed by atoms with van der Waals surface area (Å²) in [4.78, 5) is 21.7. The minimum Gasteiger partial charge on any atom is -0.476 e. The van der Waals surface area contributed by atoms with E-state index in [-0.39, 0.29) is 23.9 Å². The number of hydrogen-bond acceptors (Lipinski definition) is 6. The highest BCUT2D eigenvalue weighted by Gasteiger charge is 2.52. The van der Waals surface area contributed by atoms with Crippen LogP contribution in [0.2, 0.25) is 0 Å². The van der Waals surface area contributed by atoms with Crippen LogP contribution >= 0.6 is 11.9 Å². The Morgan fingerprint density at radius 2 is 1.88 bits per heavy atom. The third kappa shape index (κ3) is 6.37. The largest absolute Gasteiger partial charge is 0.476 e. The first-order valence-electron chi connectivity index (χ1n) is 14.3. The molecule has 2 fully saturated rings. The number of piperidine rings is 1. The van der Waals surface area contributed by atoms with Crippen molar-refractivity contribution in [3.63, 3.8) is 0 Å². The van der Waals surface area contributed by atoms with Crippen LogP contribution in [-0.4, -0.2) is 45.8 Å². The fourth-order valence-electron chi connectivity index (χ4n) is 5.74. The molecule has 1 amide bonds. The van der Waals surface area contributed by atoms with Gasteiger partial charge in [0.15, 0.2) is 5.82 Å². The number of nitrogens with zero attached hydrogens (tertiary/aromatic N) is 4. The summed E-state index contributed by atoms with van der Waals surface area (Å²) in [5, 5.41) is 4.46. The lowest BCUT2D eigenvalue weighted by atomic mass is 9.72. The van der Waals surface area contributed by atoms with Crippen LogP contribution in [0.25, 0.3) is 5.82 Å². The molecule has 1 aliphatic heterocycles. The average molecular weight is 584 g/mol. The number of ether oxygens (including phenoxy) is 1. The SMILES string of the molecule is CC(C)C1CC(C)(C)N(c2nc(-n3ccc(OCC4(C(F)F)CC4)n3)ccc2C(=O)NSc2ccccc2)CC1C. The molecule has 5 rings (SSSR count). The molecular weight excluding hydrogens is 544 g/mol. The monoisotopic (exact) mass is 583 g/mol. The Bertz CT molecular complexity index is 1360. The van der Waals surface area contributed by atoms with Crippen LogP contribution in [0, 0.1) is 23.2 Å². The van der Waals surface area contributed by atoms with Gasteiger partial charge in [-0.25, -0.2) is 18.4 Å². The Kier molecular flexibility index (Phi) is 8.32. The van der Waals surface area contributed by atoms with E-state index in [4.69, 9.17) is 9.72 Å². The number of benzene rings is 1. The molecule has 1 aromatic carbocycles. The fraction of sp³-hybridized carbons (Fsp3) is 0.516. The van der Waals surface area contributed by atoms with E-state index in [1.807, 2.05) is 30.3 Å². The van der Waals surface area contributed by atoms with Crippen molar-refractivity contribution in [1.29, 1.82) is 0 Å². The molecule has 2 atom stereocenters. The van der Waals surface area contributed by atoms with Crippen LogP contribution in [0.1, 0.15) is 64.2 Å². The minimum atomic E-state index is -2.40. The first kappa shape index (κ1) is 29.4. The Morgan fingerprint density at radius 3 is 2.54 bits per heavy atom. The minimum absolute atomic E-state index is 0.0601. The molecule has 2 aliphatic rings. The third-order valence-electron chi connectivity index (χ3n) is 8.55. The topological polar surface area (TPSA) is 72.3 Å². The number of carbonyl (C=O) groups is 1. The normalized spacial score (nSPS) is 21.2. The van der Waals surface area contributed by atoms with Crippen molar-refractivity contribution in [2.24, 2.45) is 23.2 Å². The van der Waals surface area contributed by atoms with E-state index in [2.05, 4.69) is 49.3 Å². The van der Waals surface area contributed by atoms with Gasteiger partial charge in [-0.05, 0) is 87.1 Å². The Labute approximate surface area is 245 Å². The number of alkyl halides is 2. The highest BCUT2D eigenvalue weighted by molar-refractivity contribution is 7.98. The Morgan fingerprint density at radius 1 is 1.15 bits per heavy atom. The molecule has 1 aliphatic carbocycles. The van der Waals surface area contributed by atoms with Gasteiger partial charge >= 0.3 is 0 Å². The standard InChI is InChI=1S/C31H39F2N5O2S/c1-20(2)24-17-30(4,5)37(18-21(24)3)27-23(28(39)36-41-22-9-7-6-8-10-22)11-12-25(34-27)38-16-13-26(35-38)40-19-31(14-15-31)29(32)33/h6-13,16,20-21,24,29H,14-15,17-19H2,1-5H3,(H,36,39). The second-order valence-corrected chi connectivity index (χ2v) is 13.3. The maximum absolute atomic E-state index is 13.5. The van der Waals surface area contributed by atoms with Crippen molar-refractivity contribution in [2.45, 2.75) is 70.7 Å². The number of hydrogen-bond donors (Lipinski definition) is 1. The van der Waals surface area contributed by atoms with Crippen LogP contribution in [0.3, 0.4) is 0 Å². The first-order valence-corrected chi connectivity index (χ1v) is 15.1. The van der Waals surface area contributed by atoms with E-state index in [0.29, 0.717) is 47.8 Å². The lowest BCUT2D eigenvalue weighted by Crippen LogP contribution is -2.55. The molecule has 1 saturated carbocycles. The van der Waals surface area contributed by atoms with Gasteiger partial charge < -0.3 is 9.64 Å². The number of halogens is 2. The molecule has 1 N–H and O–H groups in total. The number of amides is 1. The van der Waals surface area contributed by atoms with Gasteiger partial charge in [0.25, 0.3) is 5.91 Å². The van der Waals surface area contributed by atoms with Crippen LogP contribution < -0.4 is 14.4 Å². The third-order valence-corrected chi connectivity index (χ3v) is 9.35. The van der Waals surface area contributed by atoms with Crippen LogP contribution in [0.15, 0.2) is 59.6 Å². The van der Waals surface area contributed by atoms with Crippen molar-refractivity contribution in [2.75, 3.05) is 18.1 Å². The molecule has 220 valence electrons. The molecule has 41 heavy (non-hydrogen) atoms. The van der Waals surface area contributed by atoms with Crippen LogP contribution in [-0.2, 0) is 0 Å². The summed E-state index contributed by atoms with van der Waals surface area (Å²) in [7, 11) is 0. The summed E-state index contributed by atoms with van der Waals surface area (Å²) in [6, 6.07) is 14.9. The second-order valence-electron chi connectivity index (χ2n) is 12.4. The zero-order valence-corrected chi connectivity index (χ0v) is 25.1. The highest BCUT2D eigenvalue weighted by atomic mass is 32.2. The van der Waals surface area contributed by atoms with Gasteiger partial charge in [0, 0.05) is 29.2 Å². The van der Waals surface area contributed by atoms with Crippen LogP contribution in [0.4, 0.5) is 14.6 Å². The van der Waals surface area contributed by atoms with Crippen molar-refractivity contribution in [1.82, 2.24) is 19.5 Å². The number of carbonyl (C=O) groups excluding carboxylic acids is 1. The van der Waals surface area contributed by atoms with Gasteiger partial charge in [-0.15, -0.1) is 5.10 Å². The highest BCUT2D eigenvalue weighted by Crippen LogP contribution is 2.50. The summed E-state index contributed by atoms with van der Waals surface area (Å²) in [6.07, 6.45) is 1.20. The quantitative estimate of drug-likeness (QED) is 0.259. The van der Waals surface area contributed by atoms with E-state index in [1.54, 1.807) is 29.1 Å². The summed E-state index contributed by atoms with van der Waals surface area (Å²) in [5.41, 5.74) is -0.801. The van der Waals surface area contributed by atoms with Gasteiger partial charge in [0.2, 0.25) is 12.3 Å². The number of nitrogens with one attached hydrogen (secondary N) is 1. The van der Waals surface area contributed by atoms with Crippen LogP contribution in [0.5, 0.6) is 5.88 Å². The van der Waals surface area contributed by atoms with Gasteiger partial charge in [-0.3, -0.25) is 9.52 Å². The number of aromatic nitrogens is 3. The summed E-state index contributed by atoms with van der Waals surface area (Å²) < 4.78 is 36.8. The predicted molar refractivity (Wildman–Crippen MR) is 158 cm³/mol. The second kappa shape index (κ2) is 11.6. The van der Waals surface area contributed by atoms with Crippen molar-refractivity contribution < 1.29 is 18.3 Å². The molecule has 3 aromatic rings. The van der Waals surface area contributed by atoms with Gasteiger partial charge in [-0.1, -0.05) is 39.0 Å². The van der Waals surface area contributed by atoms with E-state index in [9.17, 15) is 13.6 Å². The number of pyridine rings is 1. The summed E-state index contributed by atoms with van der Waals surface area (Å²) in [6.45, 7) is 11.9. The summed E-state index contributed by atoms with van der Waals surface area (Å²) >= 11 is 1.27. The van der Waals surface area contributed by atoms with E-state index in [0.717, 1.165) is 17.9 Å². The van der Waals surface area contributed by atoms with E-state index < -0.39 is 11.8 Å². The van der Waals surface area contributed by atoms with Crippen molar-refractivity contribution in [3.05, 3.63) is 60.3 Å². The zero-order chi connectivity index (χ0) is 29.4. The molecule has 0 radical (unpaired) electrons. The van der Waals surface area contributed by atoms with Crippen molar-refractivity contribution in [3.8, 4) is 11.7 Å². The first-order chi connectivity index (χ1) is 19.5. The van der Waals surface area contributed by atoms with Gasteiger partial charge in [0.05, 0.1) is 11.0 Å². The van der Waals surface area contributed by atoms with Gasteiger partial charge in [0.1, 0.15) is 12.4 Å². The summed E-state index contributed by atoms with van der Waals surface area (Å²) in [5.74, 6) is 2.69. The smallest absolute Gasteiger partial charge is 0.265 e. The van der Waals surface area contributed by atoms with Gasteiger partial charge in [-0.2, -0.15) is 0 Å². The molecule has 7 nitrogen and oxygen atoms in total. The zero-order valence-electron chi connectivity index (χ0n) is 24.3. The molecule has 3 heterocycles. The lowest BCUT2D eigenvalue weighted by molar-refractivity contribution is 0.0304. The maximum atomic E-state index is 13.5. The molecule has 10 heteroatoms. The molecule has 0 spiro atoms. The number of rotatable bonds is 10. The Hall–Kier alpha value is -3.14. The molecule has 2 unspecified atom stereocenters. The van der Waals surface area contributed by atoms with E-state index >= 15 is 0 Å². The lowest BCUT2D eigenvalue weighted by Gasteiger charge is -2.51.